The van der Waals surface area contributed by atoms with Crippen molar-refractivity contribution in [1.29, 1.82) is 0 Å². The number of carbonyl (C=O) groups excluding carboxylic acids is 1. The summed E-state index contributed by atoms with van der Waals surface area (Å²) in [6.45, 7) is 8.33. The molecule has 180 valence electrons. The van der Waals surface area contributed by atoms with Crippen molar-refractivity contribution in [3.8, 4) is 0 Å². The fraction of sp³-hybridized carbons (Fsp3) is 0.783. The summed E-state index contributed by atoms with van der Waals surface area (Å²) >= 11 is 0. The van der Waals surface area contributed by atoms with E-state index in [1.807, 2.05) is 6.92 Å². The number of aromatic nitrogens is 2. The van der Waals surface area contributed by atoms with E-state index in [2.05, 4.69) is 24.1 Å². The molecule has 1 amide bonds. The molecule has 0 spiro atoms. The highest BCUT2D eigenvalue weighted by Crippen LogP contribution is 2.41. The lowest BCUT2D eigenvalue weighted by molar-refractivity contribution is -0.158. The van der Waals surface area contributed by atoms with Crippen LogP contribution in [0, 0.1) is 17.8 Å². The smallest absolute Gasteiger partial charge is 0.351 e. The van der Waals surface area contributed by atoms with Gasteiger partial charge >= 0.3 is 5.69 Å². The van der Waals surface area contributed by atoms with Crippen LogP contribution in [0.2, 0.25) is 0 Å². The maximum Gasteiger partial charge on any atom is 0.351 e. The molecule has 1 saturated carbocycles. The zero-order valence-electron chi connectivity index (χ0n) is 19.7. The first-order valence-electron chi connectivity index (χ1n) is 11.6. The van der Waals surface area contributed by atoms with E-state index in [-0.39, 0.29) is 23.7 Å². The minimum atomic E-state index is -0.866. The summed E-state index contributed by atoms with van der Waals surface area (Å²) in [7, 11) is 1.69. The van der Waals surface area contributed by atoms with Gasteiger partial charge in [-0.2, -0.15) is 4.98 Å². The van der Waals surface area contributed by atoms with E-state index >= 15 is 0 Å². The average molecular weight is 452 g/mol. The summed E-state index contributed by atoms with van der Waals surface area (Å²) in [5.74, 6) is 0.785. The number of rotatable bonds is 8. The van der Waals surface area contributed by atoms with Crippen LogP contribution in [0.15, 0.2) is 17.1 Å². The van der Waals surface area contributed by atoms with Gasteiger partial charge in [-0.15, -0.1) is 0 Å². The molecular formula is C23H37N3O6. The number of aliphatic hydroxyl groups excluding tert-OH is 1. The Balaban J connectivity index is 1.90. The number of nitrogens with one attached hydrogen (secondary N) is 1. The predicted molar refractivity (Wildman–Crippen MR) is 119 cm³/mol. The molecule has 1 aliphatic carbocycles. The third-order valence-electron chi connectivity index (χ3n) is 6.76. The Morgan fingerprint density at radius 2 is 2.03 bits per heavy atom. The van der Waals surface area contributed by atoms with Gasteiger partial charge in [0.25, 0.3) is 0 Å². The molecule has 0 bridgehead atoms. The Hall–Kier alpha value is -1.81. The number of ether oxygens (including phenoxy) is 3. The monoisotopic (exact) mass is 451 g/mol. The molecule has 2 heterocycles. The molecule has 1 aromatic heterocycles. The van der Waals surface area contributed by atoms with Crippen molar-refractivity contribution in [2.24, 2.45) is 17.8 Å². The third kappa shape index (κ3) is 5.39. The molecule has 1 aliphatic heterocycles. The summed E-state index contributed by atoms with van der Waals surface area (Å²) in [4.78, 5) is 28.0. The van der Waals surface area contributed by atoms with Gasteiger partial charge < -0.3 is 24.6 Å². The molecule has 9 heteroatoms. The van der Waals surface area contributed by atoms with Gasteiger partial charge in [-0.25, -0.2) is 4.79 Å². The molecule has 9 nitrogen and oxygen atoms in total. The molecule has 3 rings (SSSR count). The van der Waals surface area contributed by atoms with Gasteiger partial charge in [-0.1, -0.05) is 27.2 Å². The minimum Gasteiger partial charge on any atom is -0.388 e. The zero-order chi connectivity index (χ0) is 23.4. The number of hydrogen-bond donors (Lipinski definition) is 2. The largest absolute Gasteiger partial charge is 0.388 e. The summed E-state index contributed by atoms with van der Waals surface area (Å²) in [5, 5.41) is 13.6. The number of aliphatic hydroxyl groups is 1. The Labute approximate surface area is 189 Å². The quantitative estimate of drug-likeness (QED) is 0.624. The summed E-state index contributed by atoms with van der Waals surface area (Å²) in [6.07, 6.45) is 2.22. The molecule has 8 atom stereocenters. The van der Waals surface area contributed by atoms with E-state index in [9.17, 15) is 14.7 Å². The highest BCUT2D eigenvalue weighted by molar-refractivity contribution is 5.87. The SMILES string of the molecule is CCCC1OC(n2ccc(NC(C)=O)nc2=O)C(OC2C(C)CCC(C)C2COC)C1O. The van der Waals surface area contributed by atoms with E-state index in [0.717, 1.165) is 19.3 Å². The van der Waals surface area contributed by atoms with Crippen molar-refractivity contribution >= 4 is 11.7 Å². The van der Waals surface area contributed by atoms with Crippen LogP contribution >= 0.6 is 0 Å². The predicted octanol–water partition coefficient (Wildman–Crippen LogP) is 2.34. The van der Waals surface area contributed by atoms with E-state index in [0.29, 0.717) is 24.9 Å². The van der Waals surface area contributed by atoms with Gasteiger partial charge in [0, 0.05) is 26.1 Å². The topological polar surface area (TPSA) is 112 Å². The molecule has 1 aromatic rings. The van der Waals surface area contributed by atoms with Crippen molar-refractivity contribution in [2.45, 2.75) is 84.0 Å². The third-order valence-corrected chi connectivity index (χ3v) is 6.76. The second kappa shape index (κ2) is 10.9. The van der Waals surface area contributed by atoms with E-state index in [1.165, 1.54) is 17.7 Å². The van der Waals surface area contributed by atoms with Crippen LogP contribution in [0.4, 0.5) is 5.82 Å². The summed E-state index contributed by atoms with van der Waals surface area (Å²) in [5.41, 5.74) is -0.572. The zero-order valence-corrected chi connectivity index (χ0v) is 19.7. The molecule has 0 radical (unpaired) electrons. The number of carbonyl (C=O) groups is 1. The second-order valence-corrected chi connectivity index (χ2v) is 9.24. The highest BCUT2D eigenvalue weighted by Gasteiger charge is 2.48. The average Bonchev–Trinajstić information content (AvgIpc) is 3.03. The van der Waals surface area contributed by atoms with Crippen molar-refractivity contribution in [3.05, 3.63) is 22.7 Å². The first kappa shape index (κ1) is 24.8. The van der Waals surface area contributed by atoms with E-state index < -0.39 is 30.2 Å². The lowest BCUT2D eigenvalue weighted by atomic mass is 9.73. The molecule has 2 N–H and O–H groups in total. The molecule has 1 saturated heterocycles. The molecule has 2 aliphatic rings. The Kier molecular flexibility index (Phi) is 8.43. The molecule has 0 aromatic carbocycles. The Bertz CT molecular complexity index is 830. The van der Waals surface area contributed by atoms with Crippen molar-refractivity contribution in [3.63, 3.8) is 0 Å². The van der Waals surface area contributed by atoms with Crippen LogP contribution in [0.3, 0.4) is 0 Å². The second-order valence-electron chi connectivity index (χ2n) is 9.24. The fourth-order valence-electron chi connectivity index (χ4n) is 4.99. The van der Waals surface area contributed by atoms with E-state index in [4.69, 9.17) is 14.2 Å². The normalized spacial score (nSPS) is 35.1. The Morgan fingerprint density at radius 3 is 2.66 bits per heavy atom. The van der Waals surface area contributed by atoms with Crippen molar-refractivity contribution < 1.29 is 24.1 Å². The summed E-state index contributed by atoms with van der Waals surface area (Å²) < 4.78 is 19.6. The number of amides is 1. The van der Waals surface area contributed by atoms with Gasteiger partial charge in [-0.05, 0) is 37.2 Å². The van der Waals surface area contributed by atoms with E-state index in [1.54, 1.807) is 13.2 Å². The maximum atomic E-state index is 12.8. The lowest BCUT2D eigenvalue weighted by Gasteiger charge is -2.42. The van der Waals surface area contributed by atoms with Crippen molar-refractivity contribution in [1.82, 2.24) is 9.55 Å². The fourth-order valence-corrected chi connectivity index (χ4v) is 4.99. The van der Waals surface area contributed by atoms with Crippen molar-refractivity contribution in [2.75, 3.05) is 19.0 Å². The molecule has 8 unspecified atom stereocenters. The molecule has 32 heavy (non-hydrogen) atoms. The number of anilines is 1. The molecular weight excluding hydrogens is 414 g/mol. The van der Waals surface area contributed by atoms with Gasteiger partial charge in [0.15, 0.2) is 6.23 Å². The first-order chi connectivity index (χ1) is 15.3. The summed E-state index contributed by atoms with van der Waals surface area (Å²) in [6, 6.07) is 1.54. The standard InChI is InChI=1S/C23H37N3O6/c1-6-7-17-19(28)21(32-20-14(3)9-8-13(2)16(20)12-30-5)22(31-17)26-11-10-18(24-15(4)27)25-23(26)29/h10-11,13-14,16-17,19-22,28H,6-9,12H2,1-5H3,(H,24,25,27,29). The van der Waals surface area contributed by atoms with Crippen LogP contribution in [0.1, 0.15) is 59.6 Å². The Morgan fingerprint density at radius 1 is 1.31 bits per heavy atom. The molecule has 2 fully saturated rings. The number of hydrogen-bond acceptors (Lipinski definition) is 7. The van der Waals surface area contributed by atoms with Crippen LogP contribution in [-0.4, -0.2) is 58.7 Å². The van der Waals surface area contributed by atoms with Crippen LogP contribution < -0.4 is 11.0 Å². The van der Waals surface area contributed by atoms with Gasteiger partial charge in [-0.3, -0.25) is 9.36 Å². The highest BCUT2D eigenvalue weighted by atomic mass is 16.6. The number of methoxy groups -OCH3 is 1. The van der Waals surface area contributed by atoms with Gasteiger partial charge in [0.2, 0.25) is 5.91 Å². The lowest BCUT2D eigenvalue weighted by Crippen LogP contribution is -2.47. The van der Waals surface area contributed by atoms with Crippen LogP contribution in [0.25, 0.3) is 0 Å². The van der Waals surface area contributed by atoms with Gasteiger partial charge in [0.05, 0.1) is 18.8 Å². The maximum absolute atomic E-state index is 12.8. The van der Waals surface area contributed by atoms with Crippen LogP contribution in [0.5, 0.6) is 0 Å². The first-order valence-corrected chi connectivity index (χ1v) is 11.6. The minimum absolute atomic E-state index is 0.118. The van der Waals surface area contributed by atoms with Gasteiger partial charge in [0.1, 0.15) is 18.0 Å². The number of nitrogens with zero attached hydrogens (tertiary/aromatic N) is 2. The van der Waals surface area contributed by atoms with Crippen LogP contribution in [-0.2, 0) is 19.0 Å².